The number of anilines is 1. The molecule has 2 aliphatic rings. The molecule has 0 spiro atoms. The lowest BCUT2D eigenvalue weighted by Gasteiger charge is -2.41. The van der Waals surface area contributed by atoms with Crippen LogP contribution in [-0.2, 0) is 11.2 Å². The zero-order valence-electron chi connectivity index (χ0n) is 17.1. The van der Waals surface area contributed by atoms with E-state index in [1.165, 1.54) is 0 Å². The Hall–Kier alpha value is -1.38. The van der Waals surface area contributed by atoms with Crippen molar-refractivity contribution in [1.29, 1.82) is 0 Å². The monoisotopic (exact) mass is 457 g/mol. The standard InChI is InChI=1S/C20H27N5OS.2ClH/c1-4-16-23-18-19(25-10-9-24(2)15(13-25)7-11-26-3)17-14(6-5-8-21-17)12-22-20(18)27-16;;/h5-6,8,12,15,22H,4,7,9-11,13H2,1-3H3;2*1H. The van der Waals surface area contributed by atoms with Gasteiger partial charge in [-0.2, -0.15) is 0 Å². The Bertz CT molecular complexity index is 935. The van der Waals surface area contributed by atoms with Crippen LogP contribution in [0, 0.1) is 0 Å². The second-order valence-electron chi connectivity index (χ2n) is 7.08. The van der Waals surface area contributed by atoms with Crippen molar-refractivity contribution in [2.45, 2.75) is 25.8 Å². The van der Waals surface area contributed by atoms with Gasteiger partial charge in [0.05, 0.1) is 16.1 Å². The minimum Gasteiger partial charge on any atom is -0.385 e. The van der Waals surface area contributed by atoms with Gasteiger partial charge in [0.15, 0.2) is 0 Å². The fourth-order valence-electron chi connectivity index (χ4n) is 3.78. The van der Waals surface area contributed by atoms with Crippen LogP contribution in [0.3, 0.4) is 0 Å². The van der Waals surface area contributed by atoms with E-state index in [1.807, 2.05) is 12.3 Å². The molecule has 2 aliphatic heterocycles. The van der Waals surface area contributed by atoms with E-state index >= 15 is 0 Å². The number of rotatable bonds is 5. The van der Waals surface area contributed by atoms with Gasteiger partial charge in [-0.05, 0) is 32.0 Å². The summed E-state index contributed by atoms with van der Waals surface area (Å²) in [6, 6.07) is 4.57. The molecule has 0 amide bonds. The number of halogens is 2. The Morgan fingerprint density at radius 3 is 2.90 bits per heavy atom. The van der Waals surface area contributed by atoms with Gasteiger partial charge < -0.3 is 15.0 Å². The van der Waals surface area contributed by atoms with E-state index in [0.29, 0.717) is 6.04 Å². The van der Waals surface area contributed by atoms with E-state index in [1.54, 1.807) is 18.4 Å². The fraction of sp³-hybridized carbons (Fsp3) is 0.500. The van der Waals surface area contributed by atoms with Gasteiger partial charge in [-0.25, -0.2) is 4.98 Å². The molecule has 1 atom stereocenters. The minimum atomic E-state index is 0. The summed E-state index contributed by atoms with van der Waals surface area (Å²) < 4.78 is 5.33. The molecule has 1 unspecified atom stereocenters. The van der Waals surface area contributed by atoms with Gasteiger partial charge in [0.2, 0.25) is 0 Å². The van der Waals surface area contributed by atoms with E-state index in [4.69, 9.17) is 14.7 Å². The summed E-state index contributed by atoms with van der Waals surface area (Å²) >= 11 is 1.74. The fourth-order valence-corrected chi connectivity index (χ4v) is 4.65. The molecule has 0 saturated carbocycles. The van der Waals surface area contributed by atoms with E-state index < -0.39 is 0 Å². The molecular weight excluding hydrogens is 429 g/mol. The van der Waals surface area contributed by atoms with Gasteiger partial charge in [0.25, 0.3) is 0 Å². The van der Waals surface area contributed by atoms with Crippen LogP contribution in [0.15, 0.2) is 18.3 Å². The molecule has 160 valence electrons. The molecule has 1 saturated heterocycles. The number of hydrogen-bond donors (Lipinski definition) is 1. The number of methoxy groups -OCH3 is 1. The zero-order valence-corrected chi connectivity index (χ0v) is 19.5. The second-order valence-corrected chi connectivity index (χ2v) is 8.16. The zero-order chi connectivity index (χ0) is 18.8. The molecule has 0 aliphatic carbocycles. The van der Waals surface area contributed by atoms with Crippen molar-refractivity contribution in [3.8, 4) is 0 Å². The molecule has 9 heteroatoms. The molecule has 29 heavy (non-hydrogen) atoms. The lowest BCUT2D eigenvalue weighted by atomic mass is 10.1. The number of aryl methyl sites for hydroxylation is 1. The molecular formula is C20H29Cl2N5OS. The van der Waals surface area contributed by atoms with Gasteiger partial charge in [0.1, 0.15) is 10.7 Å². The average Bonchev–Trinajstić information content (AvgIpc) is 3.04. The highest BCUT2D eigenvalue weighted by Gasteiger charge is 2.29. The lowest BCUT2D eigenvalue weighted by molar-refractivity contribution is 0.0959. The van der Waals surface area contributed by atoms with Crippen molar-refractivity contribution in [1.82, 2.24) is 19.8 Å². The summed E-state index contributed by atoms with van der Waals surface area (Å²) in [6.07, 6.45) is 5.91. The number of aromatic nitrogens is 2. The van der Waals surface area contributed by atoms with E-state index in [9.17, 15) is 0 Å². The lowest BCUT2D eigenvalue weighted by Crippen LogP contribution is -2.52. The van der Waals surface area contributed by atoms with Crippen LogP contribution < -0.4 is 15.9 Å². The van der Waals surface area contributed by atoms with E-state index in [2.05, 4.69) is 41.4 Å². The molecule has 4 rings (SSSR count). The first kappa shape index (κ1) is 23.9. The number of ether oxygens (including phenoxy) is 1. The van der Waals surface area contributed by atoms with Gasteiger partial charge >= 0.3 is 0 Å². The second kappa shape index (κ2) is 10.6. The van der Waals surface area contributed by atoms with Crippen LogP contribution in [0.1, 0.15) is 24.0 Å². The predicted octanol–water partition coefficient (Wildman–Crippen LogP) is 1.92. The third kappa shape index (κ3) is 4.86. The van der Waals surface area contributed by atoms with Crippen LogP contribution in [0.5, 0.6) is 0 Å². The molecule has 0 bridgehead atoms. The normalized spacial score (nSPS) is 18.4. The summed E-state index contributed by atoms with van der Waals surface area (Å²) in [5.41, 5.74) is 2.20. The van der Waals surface area contributed by atoms with Gasteiger partial charge in [-0.1, -0.05) is 6.92 Å². The summed E-state index contributed by atoms with van der Waals surface area (Å²) in [7, 11) is 3.98. The van der Waals surface area contributed by atoms with Crippen LogP contribution in [0.2, 0.25) is 0 Å². The van der Waals surface area contributed by atoms with Crippen molar-refractivity contribution in [3.63, 3.8) is 0 Å². The largest absolute Gasteiger partial charge is 0.385 e. The van der Waals surface area contributed by atoms with E-state index in [-0.39, 0.29) is 24.8 Å². The summed E-state index contributed by atoms with van der Waals surface area (Å²) in [5, 5.41) is 7.88. The Morgan fingerprint density at radius 2 is 2.14 bits per heavy atom. The predicted molar refractivity (Wildman–Crippen MR) is 125 cm³/mol. The van der Waals surface area contributed by atoms with Crippen molar-refractivity contribution >= 4 is 53.0 Å². The molecule has 1 N–H and O–H groups in total. The number of hydrogen-bond acceptors (Lipinski definition) is 7. The van der Waals surface area contributed by atoms with Gasteiger partial charge in [-0.3, -0.25) is 9.88 Å². The first-order valence-corrected chi connectivity index (χ1v) is 10.4. The maximum absolute atomic E-state index is 5.33. The SMILES string of the molecule is CCc1nc2c(s1)NC=c1cccnc1=C2N1CCN(C)C(CCOC)C1.Cl.Cl. The van der Waals surface area contributed by atoms with Crippen LogP contribution in [-0.4, -0.2) is 66.2 Å². The average molecular weight is 458 g/mol. The van der Waals surface area contributed by atoms with Crippen LogP contribution in [0.25, 0.3) is 11.9 Å². The van der Waals surface area contributed by atoms with Crippen molar-refractivity contribution in [3.05, 3.63) is 39.6 Å². The quantitative estimate of drug-likeness (QED) is 0.739. The number of nitrogens with zero attached hydrogens (tertiary/aromatic N) is 4. The molecule has 0 aromatic carbocycles. The first-order valence-electron chi connectivity index (χ1n) is 9.57. The summed E-state index contributed by atoms with van der Waals surface area (Å²) in [6.45, 7) is 5.90. The highest BCUT2D eigenvalue weighted by molar-refractivity contribution is 7.16. The first-order chi connectivity index (χ1) is 13.2. The number of piperazine rings is 1. The van der Waals surface area contributed by atoms with Crippen molar-refractivity contribution < 1.29 is 4.74 Å². The Labute approximate surface area is 188 Å². The number of likely N-dealkylation sites (N-methyl/N-ethyl adjacent to an activating group) is 1. The van der Waals surface area contributed by atoms with E-state index in [0.717, 1.165) is 71.1 Å². The summed E-state index contributed by atoms with van der Waals surface area (Å²) in [4.78, 5) is 14.6. The van der Waals surface area contributed by atoms with Crippen LogP contribution in [0.4, 0.5) is 5.00 Å². The number of thiazole rings is 1. The molecule has 6 nitrogen and oxygen atoms in total. The highest BCUT2D eigenvalue weighted by atomic mass is 35.5. The third-order valence-electron chi connectivity index (χ3n) is 5.37. The number of fused-ring (bicyclic) bond motifs is 2. The third-order valence-corrected chi connectivity index (χ3v) is 6.50. The Morgan fingerprint density at radius 1 is 1.31 bits per heavy atom. The van der Waals surface area contributed by atoms with Gasteiger partial charge in [-0.15, -0.1) is 36.2 Å². The molecule has 4 heterocycles. The number of nitrogens with one attached hydrogen (secondary N) is 1. The molecule has 2 aromatic rings. The summed E-state index contributed by atoms with van der Waals surface area (Å²) in [5.74, 6) is 0. The molecule has 0 radical (unpaired) electrons. The van der Waals surface area contributed by atoms with Crippen LogP contribution >= 0.6 is 36.2 Å². The topological polar surface area (TPSA) is 53.5 Å². The van der Waals surface area contributed by atoms with Crippen molar-refractivity contribution in [2.75, 3.05) is 45.7 Å². The van der Waals surface area contributed by atoms with Crippen molar-refractivity contribution in [2.24, 2.45) is 0 Å². The smallest absolute Gasteiger partial charge is 0.124 e. The maximum atomic E-state index is 5.33. The molecule has 1 fully saturated rings. The highest BCUT2D eigenvalue weighted by Crippen LogP contribution is 2.32. The Balaban J connectivity index is 0.00000150. The minimum absolute atomic E-state index is 0. The maximum Gasteiger partial charge on any atom is 0.124 e. The van der Waals surface area contributed by atoms with Gasteiger partial charge in [0, 0.05) is 57.0 Å². The number of pyridine rings is 1. The Kier molecular flexibility index (Phi) is 8.73. The molecule has 2 aromatic heterocycles.